The van der Waals surface area contributed by atoms with Gasteiger partial charge in [0.1, 0.15) is 10.3 Å². The van der Waals surface area contributed by atoms with E-state index in [1.807, 2.05) is 11.0 Å². The van der Waals surface area contributed by atoms with Gasteiger partial charge < -0.3 is 19.5 Å². The number of amides is 1. The van der Waals surface area contributed by atoms with E-state index >= 15 is 0 Å². The molecule has 0 aromatic carbocycles. The third kappa shape index (κ3) is 3.60. The number of imidazole rings is 1. The molecule has 0 radical (unpaired) electrons. The molecule has 0 bridgehead atoms. The first-order chi connectivity index (χ1) is 14.2. The van der Waals surface area contributed by atoms with Crippen molar-refractivity contribution < 1.29 is 23.1 Å². The normalized spacial score (nSPS) is 17.4. The SMILES string of the molecule is Cn1ccnc1C(O)(CC(=O)N1CCN(c2nc3cccnc3s2)CC1)C(F)(F)F. The summed E-state index contributed by atoms with van der Waals surface area (Å²) in [5.41, 5.74) is -2.57. The molecule has 1 N–H and O–H groups in total. The maximum absolute atomic E-state index is 13.7. The Hall–Kier alpha value is -2.73. The fourth-order valence-electron chi connectivity index (χ4n) is 3.44. The Morgan fingerprint density at radius 2 is 1.93 bits per heavy atom. The first kappa shape index (κ1) is 20.5. The number of thiazole rings is 1. The molecule has 4 rings (SSSR count). The lowest BCUT2D eigenvalue weighted by Crippen LogP contribution is -2.53. The molecule has 160 valence electrons. The first-order valence-corrected chi connectivity index (χ1v) is 10.0. The number of aryl methyl sites for hydroxylation is 1. The number of nitrogens with zero attached hydrogens (tertiary/aromatic N) is 6. The molecular weight excluding hydrogens is 421 g/mol. The van der Waals surface area contributed by atoms with Crippen molar-refractivity contribution in [3.63, 3.8) is 0 Å². The molecule has 1 amide bonds. The number of hydrogen-bond acceptors (Lipinski definition) is 7. The van der Waals surface area contributed by atoms with Gasteiger partial charge in [0.15, 0.2) is 11.0 Å². The van der Waals surface area contributed by atoms with Crippen molar-refractivity contribution in [3.05, 3.63) is 36.5 Å². The molecule has 1 aliphatic rings. The predicted molar refractivity (Wildman–Crippen MR) is 104 cm³/mol. The molecular formula is C18H19F3N6O2S. The third-order valence-electron chi connectivity index (χ3n) is 5.13. The Morgan fingerprint density at radius 3 is 2.53 bits per heavy atom. The fourth-order valence-corrected chi connectivity index (χ4v) is 4.40. The van der Waals surface area contributed by atoms with E-state index in [1.54, 1.807) is 12.3 Å². The first-order valence-electron chi connectivity index (χ1n) is 9.20. The van der Waals surface area contributed by atoms with Gasteiger partial charge in [0.05, 0.1) is 6.42 Å². The van der Waals surface area contributed by atoms with E-state index in [0.29, 0.717) is 13.1 Å². The van der Waals surface area contributed by atoms with Crippen molar-refractivity contribution in [3.8, 4) is 0 Å². The highest BCUT2D eigenvalue weighted by molar-refractivity contribution is 7.21. The summed E-state index contributed by atoms with van der Waals surface area (Å²) in [7, 11) is 1.34. The van der Waals surface area contributed by atoms with Crippen LogP contribution in [0.4, 0.5) is 18.3 Å². The van der Waals surface area contributed by atoms with Gasteiger partial charge in [0, 0.05) is 51.8 Å². The quantitative estimate of drug-likeness (QED) is 0.667. The number of rotatable bonds is 4. The monoisotopic (exact) mass is 440 g/mol. The van der Waals surface area contributed by atoms with Gasteiger partial charge in [0.25, 0.3) is 0 Å². The van der Waals surface area contributed by atoms with Crippen LogP contribution in [0, 0.1) is 0 Å². The van der Waals surface area contributed by atoms with E-state index in [-0.39, 0.29) is 13.1 Å². The van der Waals surface area contributed by atoms with Crippen LogP contribution < -0.4 is 4.90 Å². The van der Waals surface area contributed by atoms with E-state index in [1.165, 1.54) is 29.5 Å². The minimum atomic E-state index is -5.04. The summed E-state index contributed by atoms with van der Waals surface area (Å²) in [6.07, 6.45) is -2.03. The van der Waals surface area contributed by atoms with Crippen molar-refractivity contribution in [2.45, 2.75) is 18.2 Å². The molecule has 0 aliphatic carbocycles. The van der Waals surface area contributed by atoms with Gasteiger partial charge in [-0.1, -0.05) is 11.3 Å². The number of carbonyl (C=O) groups is 1. The van der Waals surface area contributed by atoms with Gasteiger partial charge >= 0.3 is 6.18 Å². The Morgan fingerprint density at radius 1 is 1.20 bits per heavy atom. The van der Waals surface area contributed by atoms with Crippen molar-refractivity contribution in [2.75, 3.05) is 31.1 Å². The highest BCUT2D eigenvalue weighted by Gasteiger charge is 2.59. The lowest BCUT2D eigenvalue weighted by molar-refractivity contribution is -0.272. The third-order valence-corrected chi connectivity index (χ3v) is 6.17. The highest BCUT2D eigenvalue weighted by Crippen LogP contribution is 2.41. The van der Waals surface area contributed by atoms with Crippen LogP contribution in [0.25, 0.3) is 10.3 Å². The summed E-state index contributed by atoms with van der Waals surface area (Å²) in [6, 6.07) is 3.66. The molecule has 0 saturated carbocycles. The minimum Gasteiger partial charge on any atom is -0.374 e. The molecule has 4 heterocycles. The lowest BCUT2D eigenvalue weighted by Gasteiger charge is -2.37. The zero-order chi connectivity index (χ0) is 21.5. The van der Waals surface area contributed by atoms with Crippen LogP contribution in [-0.2, 0) is 17.4 Å². The number of carbonyl (C=O) groups excluding carboxylic acids is 1. The van der Waals surface area contributed by atoms with Crippen LogP contribution >= 0.6 is 11.3 Å². The molecule has 1 saturated heterocycles. The van der Waals surface area contributed by atoms with Gasteiger partial charge in [0.2, 0.25) is 11.5 Å². The van der Waals surface area contributed by atoms with E-state index < -0.39 is 29.9 Å². The number of anilines is 1. The summed E-state index contributed by atoms with van der Waals surface area (Å²) in [6.45, 7) is 1.32. The van der Waals surface area contributed by atoms with Crippen LogP contribution in [0.1, 0.15) is 12.2 Å². The number of hydrogen-bond donors (Lipinski definition) is 1. The molecule has 3 aromatic heterocycles. The fraction of sp³-hybridized carbons (Fsp3) is 0.444. The smallest absolute Gasteiger partial charge is 0.374 e. The maximum atomic E-state index is 13.7. The van der Waals surface area contributed by atoms with Gasteiger partial charge in [-0.3, -0.25) is 4.79 Å². The summed E-state index contributed by atoms with van der Waals surface area (Å²) in [5, 5.41) is 11.2. The molecule has 30 heavy (non-hydrogen) atoms. The summed E-state index contributed by atoms with van der Waals surface area (Å²) in [5.74, 6) is -1.38. The highest BCUT2D eigenvalue weighted by atomic mass is 32.1. The van der Waals surface area contributed by atoms with Gasteiger partial charge in [-0.15, -0.1) is 0 Å². The average molecular weight is 440 g/mol. The molecule has 1 fully saturated rings. The molecule has 1 unspecified atom stereocenters. The second-order valence-electron chi connectivity index (χ2n) is 7.09. The van der Waals surface area contributed by atoms with Crippen LogP contribution in [0.2, 0.25) is 0 Å². The molecule has 0 spiro atoms. The predicted octanol–water partition coefficient (Wildman–Crippen LogP) is 1.91. The average Bonchev–Trinajstić information content (AvgIpc) is 3.33. The van der Waals surface area contributed by atoms with Crippen LogP contribution in [0.15, 0.2) is 30.7 Å². The van der Waals surface area contributed by atoms with Gasteiger partial charge in [-0.2, -0.15) is 13.2 Å². The number of pyridine rings is 1. The van der Waals surface area contributed by atoms with E-state index in [9.17, 15) is 23.1 Å². The van der Waals surface area contributed by atoms with Gasteiger partial charge in [-0.05, 0) is 12.1 Å². The van der Waals surface area contributed by atoms with Crippen LogP contribution in [0.5, 0.6) is 0 Å². The molecule has 1 aliphatic heterocycles. The van der Waals surface area contributed by atoms with E-state index in [4.69, 9.17) is 0 Å². The number of aromatic nitrogens is 4. The Balaban J connectivity index is 1.45. The molecule has 1 atom stereocenters. The number of piperazine rings is 1. The Bertz CT molecular complexity index is 1030. The number of aliphatic hydroxyl groups is 1. The minimum absolute atomic E-state index is 0.233. The lowest BCUT2D eigenvalue weighted by atomic mass is 9.96. The van der Waals surface area contributed by atoms with Gasteiger partial charge in [-0.25, -0.2) is 15.0 Å². The molecule has 3 aromatic rings. The zero-order valence-electron chi connectivity index (χ0n) is 16.0. The maximum Gasteiger partial charge on any atom is 0.425 e. The van der Waals surface area contributed by atoms with Crippen LogP contribution in [0.3, 0.4) is 0 Å². The van der Waals surface area contributed by atoms with E-state index in [2.05, 4.69) is 15.0 Å². The standard InChI is InChI=1S/C18H19F3N6O2S/c1-25-6-5-23-15(25)17(29,18(19,20)21)11-13(28)26-7-9-27(10-8-26)16-24-12-3-2-4-22-14(12)30-16/h2-6,29H,7-11H2,1H3. The zero-order valence-corrected chi connectivity index (χ0v) is 16.8. The molecule has 12 heteroatoms. The number of halogens is 3. The second-order valence-corrected chi connectivity index (χ2v) is 8.04. The summed E-state index contributed by atoms with van der Waals surface area (Å²) >= 11 is 1.43. The van der Waals surface area contributed by atoms with Crippen molar-refractivity contribution >= 4 is 32.7 Å². The second kappa shape index (κ2) is 7.51. The summed E-state index contributed by atoms with van der Waals surface area (Å²) < 4.78 is 42.1. The summed E-state index contributed by atoms with van der Waals surface area (Å²) in [4.78, 5) is 29.2. The van der Waals surface area contributed by atoms with Crippen molar-refractivity contribution in [1.82, 2.24) is 24.4 Å². The largest absolute Gasteiger partial charge is 0.425 e. The Labute approximate surface area is 173 Å². The molecule has 8 nitrogen and oxygen atoms in total. The number of fused-ring (bicyclic) bond motifs is 1. The van der Waals surface area contributed by atoms with Crippen molar-refractivity contribution in [1.29, 1.82) is 0 Å². The number of alkyl halides is 3. The van der Waals surface area contributed by atoms with E-state index in [0.717, 1.165) is 26.2 Å². The Kier molecular flexibility index (Phi) is 5.14. The van der Waals surface area contributed by atoms with Crippen LogP contribution in [-0.4, -0.2) is 67.8 Å². The van der Waals surface area contributed by atoms with Crippen molar-refractivity contribution in [2.24, 2.45) is 7.05 Å². The topological polar surface area (TPSA) is 87.4 Å².